The van der Waals surface area contributed by atoms with E-state index in [0.717, 1.165) is 25.7 Å². The molecule has 1 amide bonds. The molecule has 2 N–H and O–H groups in total. The highest BCUT2D eigenvalue weighted by atomic mass is 19.3. The maximum atomic E-state index is 14.6. The molecule has 2 aromatic heterocycles. The number of halogens is 2. The van der Waals surface area contributed by atoms with Crippen molar-refractivity contribution in [1.82, 2.24) is 20.1 Å². The van der Waals surface area contributed by atoms with Gasteiger partial charge in [0.05, 0.1) is 12.0 Å². The van der Waals surface area contributed by atoms with Crippen molar-refractivity contribution in [1.29, 1.82) is 0 Å². The molecule has 2 aromatic rings. The van der Waals surface area contributed by atoms with Gasteiger partial charge in [0.2, 0.25) is 17.3 Å². The smallest absolute Gasteiger partial charge is 0.257 e. The van der Waals surface area contributed by atoms with Gasteiger partial charge in [0.25, 0.3) is 5.92 Å². The van der Waals surface area contributed by atoms with E-state index in [-0.39, 0.29) is 42.9 Å². The SMILES string of the molecule is C[C@@H](C(=O)Nc1ccc(OC2CCCC2)nn1)N1CCC(F)(F)[C@@H](c2ccc(=O)[nH]c2)C1. The third-order valence-corrected chi connectivity index (χ3v) is 6.28. The molecule has 4 rings (SSSR count). The van der Waals surface area contributed by atoms with Crippen LogP contribution in [0.2, 0.25) is 0 Å². The molecule has 2 aliphatic rings. The Balaban J connectivity index is 1.37. The van der Waals surface area contributed by atoms with Gasteiger partial charge in [-0.25, -0.2) is 8.78 Å². The lowest BCUT2D eigenvalue weighted by molar-refractivity contribution is -0.125. The highest BCUT2D eigenvalue weighted by Gasteiger charge is 2.46. The third kappa shape index (κ3) is 5.12. The molecule has 0 bridgehead atoms. The van der Waals surface area contributed by atoms with E-state index in [4.69, 9.17) is 4.74 Å². The van der Waals surface area contributed by atoms with Crippen LogP contribution in [0.3, 0.4) is 0 Å². The van der Waals surface area contributed by atoms with Crippen molar-refractivity contribution in [2.75, 3.05) is 18.4 Å². The van der Waals surface area contributed by atoms with Gasteiger partial charge in [0, 0.05) is 37.8 Å². The zero-order valence-corrected chi connectivity index (χ0v) is 17.9. The number of piperidine rings is 1. The molecule has 3 heterocycles. The van der Waals surface area contributed by atoms with E-state index < -0.39 is 17.9 Å². The molecule has 8 nitrogen and oxygen atoms in total. The molecular formula is C22H27F2N5O3. The lowest BCUT2D eigenvalue weighted by Gasteiger charge is -2.40. The number of H-pyrrole nitrogens is 1. The predicted molar refractivity (Wildman–Crippen MR) is 114 cm³/mol. The fourth-order valence-electron chi connectivity index (χ4n) is 4.29. The maximum Gasteiger partial charge on any atom is 0.257 e. The molecule has 0 spiro atoms. The van der Waals surface area contributed by atoms with Crippen LogP contribution < -0.4 is 15.6 Å². The van der Waals surface area contributed by atoms with Gasteiger partial charge in [0.1, 0.15) is 6.10 Å². The third-order valence-electron chi connectivity index (χ3n) is 6.28. The van der Waals surface area contributed by atoms with Gasteiger partial charge in [-0.3, -0.25) is 14.5 Å². The van der Waals surface area contributed by atoms with Gasteiger partial charge in [-0.15, -0.1) is 10.2 Å². The Morgan fingerprint density at radius 1 is 1.25 bits per heavy atom. The first kappa shape index (κ1) is 22.3. The molecule has 32 heavy (non-hydrogen) atoms. The van der Waals surface area contributed by atoms with Crippen molar-refractivity contribution in [3.05, 3.63) is 46.4 Å². The van der Waals surface area contributed by atoms with Crippen LogP contribution in [0.1, 0.15) is 50.5 Å². The first-order chi connectivity index (χ1) is 15.3. The number of hydrogen-bond acceptors (Lipinski definition) is 6. The van der Waals surface area contributed by atoms with Crippen LogP contribution in [0.25, 0.3) is 0 Å². The normalized spacial score (nSPS) is 22.4. The highest BCUT2D eigenvalue weighted by Crippen LogP contribution is 2.40. The molecule has 2 fully saturated rings. The Kier molecular flexibility index (Phi) is 6.50. The molecule has 0 aromatic carbocycles. The van der Waals surface area contributed by atoms with Gasteiger partial charge >= 0.3 is 0 Å². The summed E-state index contributed by atoms with van der Waals surface area (Å²) in [6.45, 7) is 1.75. The fraction of sp³-hybridized carbons (Fsp3) is 0.545. The monoisotopic (exact) mass is 447 g/mol. The second-order valence-electron chi connectivity index (χ2n) is 8.49. The van der Waals surface area contributed by atoms with Crippen LogP contribution in [-0.4, -0.2) is 57.1 Å². The van der Waals surface area contributed by atoms with E-state index in [1.54, 1.807) is 24.0 Å². The molecule has 1 saturated heterocycles. The Hall–Kier alpha value is -2.88. The number of aromatic nitrogens is 3. The molecule has 2 atom stereocenters. The second kappa shape index (κ2) is 9.32. The Morgan fingerprint density at radius 3 is 2.69 bits per heavy atom. The zero-order valence-electron chi connectivity index (χ0n) is 17.9. The molecule has 172 valence electrons. The predicted octanol–water partition coefficient (Wildman–Crippen LogP) is 2.94. The van der Waals surface area contributed by atoms with E-state index in [1.807, 2.05) is 0 Å². The number of amides is 1. The van der Waals surface area contributed by atoms with E-state index in [9.17, 15) is 18.4 Å². The van der Waals surface area contributed by atoms with Crippen LogP contribution in [0, 0.1) is 0 Å². The highest BCUT2D eigenvalue weighted by molar-refractivity contribution is 5.93. The van der Waals surface area contributed by atoms with Gasteiger partial charge in [0.15, 0.2) is 5.82 Å². The zero-order chi connectivity index (χ0) is 22.7. The van der Waals surface area contributed by atoms with Crippen LogP contribution in [-0.2, 0) is 4.79 Å². The van der Waals surface area contributed by atoms with Crippen LogP contribution >= 0.6 is 0 Å². The first-order valence-electron chi connectivity index (χ1n) is 10.9. The van der Waals surface area contributed by atoms with Crippen molar-refractivity contribution in [2.45, 2.75) is 63.0 Å². The lowest BCUT2D eigenvalue weighted by Crippen LogP contribution is -2.52. The average Bonchev–Trinajstić information content (AvgIpc) is 3.28. The summed E-state index contributed by atoms with van der Waals surface area (Å²) in [5.74, 6) is -3.69. The van der Waals surface area contributed by atoms with Gasteiger partial charge < -0.3 is 15.0 Å². The number of carbonyl (C=O) groups is 1. The largest absolute Gasteiger partial charge is 0.473 e. The number of ether oxygens (including phenoxy) is 1. The Morgan fingerprint density at radius 2 is 2.03 bits per heavy atom. The number of carbonyl (C=O) groups excluding carboxylic acids is 1. The summed E-state index contributed by atoms with van der Waals surface area (Å²) >= 11 is 0. The summed E-state index contributed by atoms with van der Waals surface area (Å²) in [5, 5.41) is 10.7. The summed E-state index contributed by atoms with van der Waals surface area (Å²) < 4.78 is 34.9. The van der Waals surface area contributed by atoms with E-state index in [0.29, 0.717) is 11.4 Å². The summed E-state index contributed by atoms with van der Waals surface area (Å²) in [5.41, 5.74) is -0.00567. The number of alkyl halides is 2. The molecule has 1 aliphatic heterocycles. The van der Waals surface area contributed by atoms with Gasteiger partial charge in [-0.2, -0.15) is 0 Å². The van der Waals surface area contributed by atoms with Crippen LogP contribution in [0.5, 0.6) is 5.88 Å². The number of nitrogens with one attached hydrogen (secondary N) is 2. The van der Waals surface area contributed by atoms with Crippen molar-refractivity contribution in [3.8, 4) is 5.88 Å². The summed E-state index contributed by atoms with van der Waals surface area (Å²) in [7, 11) is 0. The van der Waals surface area contributed by atoms with Crippen LogP contribution in [0.4, 0.5) is 14.6 Å². The summed E-state index contributed by atoms with van der Waals surface area (Å²) in [6, 6.07) is 5.29. The van der Waals surface area contributed by atoms with Gasteiger partial charge in [-0.05, 0) is 44.2 Å². The molecule has 0 radical (unpaired) electrons. The van der Waals surface area contributed by atoms with E-state index in [1.165, 1.54) is 18.3 Å². The van der Waals surface area contributed by atoms with Crippen LogP contribution in [0.15, 0.2) is 35.3 Å². The number of likely N-dealkylation sites (tertiary alicyclic amines) is 1. The standard InChI is InChI=1S/C22H27F2N5O3/c1-14(21(31)26-18-7-9-20(28-27-18)32-16-4-2-3-5-16)29-11-10-22(23,24)17(13-29)15-6-8-19(30)25-12-15/h6-9,12,14,16-17H,2-5,10-11,13H2,1H3,(H,25,30)(H,26,27,31)/t14-,17+/m0/s1. The number of aromatic amines is 1. The minimum absolute atomic E-state index is 0.00647. The summed E-state index contributed by atoms with van der Waals surface area (Å²) in [4.78, 5) is 28.2. The summed E-state index contributed by atoms with van der Waals surface area (Å²) in [6.07, 6.45) is 5.42. The average molecular weight is 447 g/mol. The number of hydrogen-bond donors (Lipinski definition) is 2. The fourth-order valence-corrected chi connectivity index (χ4v) is 4.29. The molecule has 1 saturated carbocycles. The van der Waals surface area contributed by atoms with E-state index >= 15 is 0 Å². The number of rotatable bonds is 6. The molecule has 1 aliphatic carbocycles. The minimum atomic E-state index is -2.93. The number of pyridine rings is 1. The Labute approximate surface area is 184 Å². The van der Waals surface area contributed by atoms with Crippen molar-refractivity contribution in [2.24, 2.45) is 0 Å². The van der Waals surface area contributed by atoms with Gasteiger partial charge in [-0.1, -0.05) is 6.07 Å². The number of nitrogens with zero attached hydrogens (tertiary/aromatic N) is 3. The molecular weight excluding hydrogens is 420 g/mol. The minimum Gasteiger partial charge on any atom is -0.473 e. The topological polar surface area (TPSA) is 100 Å². The first-order valence-corrected chi connectivity index (χ1v) is 10.9. The lowest BCUT2D eigenvalue weighted by atomic mass is 9.87. The van der Waals surface area contributed by atoms with Crippen molar-refractivity contribution in [3.63, 3.8) is 0 Å². The molecule has 0 unspecified atom stereocenters. The van der Waals surface area contributed by atoms with Crippen molar-refractivity contribution < 1.29 is 18.3 Å². The van der Waals surface area contributed by atoms with E-state index in [2.05, 4.69) is 20.5 Å². The molecule has 10 heteroatoms. The second-order valence-corrected chi connectivity index (χ2v) is 8.49. The maximum absolute atomic E-state index is 14.6. The Bertz CT molecular complexity index is 971. The van der Waals surface area contributed by atoms with Crippen molar-refractivity contribution >= 4 is 11.7 Å². The number of anilines is 1. The quantitative estimate of drug-likeness (QED) is 0.706.